The molecule has 1 atom stereocenters. The summed E-state index contributed by atoms with van der Waals surface area (Å²) in [6.45, 7) is 0. The molecule has 1 heterocycles. The summed E-state index contributed by atoms with van der Waals surface area (Å²) in [6.07, 6.45) is 6.45. The zero-order valence-electron chi connectivity index (χ0n) is 5.26. The van der Waals surface area contributed by atoms with E-state index in [2.05, 4.69) is 5.92 Å². The molecule has 0 unspecified atom stereocenters. The minimum absolute atomic E-state index is 0.514. The van der Waals surface area contributed by atoms with Crippen LogP contribution in [-0.2, 0) is 0 Å². The van der Waals surface area contributed by atoms with Crippen LogP contribution >= 0.6 is 11.8 Å². The van der Waals surface area contributed by atoms with E-state index < -0.39 is 5.60 Å². The van der Waals surface area contributed by atoms with Gasteiger partial charge in [-0.2, -0.15) is 11.8 Å². The highest BCUT2D eigenvalue weighted by Crippen LogP contribution is 2.29. The van der Waals surface area contributed by atoms with Crippen molar-refractivity contribution in [1.82, 2.24) is 0 Å². The van der Waals surface area contributed by atoms with Crippen molar-refractivity contribution in [3.63, 3.8) is 0 Å². The van der Waals surface area contributed by atoms with Gasteiger partial charge in [-0.1, -0.05) is 0 Å². The standard InChI is InChI=1S/C7H10OS/c1-2-3-7(8)4-5-9-6-7/h1,8H,3-6H2/t7-/m1/s1. The van der Waals surface area contributed by atoms with Crippen LogP contribution in [0, 0.1) is 12.3 Å². The molecule has 0 aromatic heterocycles. The van der Waals surface area contributed by atoms with Gasteiger partial charge in [0, 0.05) is 12.2 Å². The lowest BCUT2D eigenvalue weighted by molar-refractivity contribution is 0.0738. The number of hydrogen-bond donors (Lipinski definition) is 1. The molecule has 1 saturated heterocycles. The molecule has 1 N–H and O–H groups in total. The van der Waals surface area contributed by atoms with E-state index in [-0.39, 0.29) is 0 Å². The van der Waals surface area contributed by atoms with Crippen LogP contribution in [0.5, 0.6) is 0 Å². The first kappa shape index (κ1) is 6.98. The molecule has 50 valence electrons. The smallest absolute Gasteiger partial charge is 0.0854 e. The maximum Gasteiger partial charge on any atom is 0.0854 e. The summed E-state index contributed by atoms with van der Waals surface area (Å²) in [6, 6.07) is 0. The first-order valence-corrected chi connectivity index (χ1v) is 4.16. The monoisotopic (exact) mass is 142 g/mol. The molecular weight excluding hydrogens is 132 g/mol. The van der Waals surface area contributed by atoms with Crippen LogP contribution < -0.4 is 0 Å². The van der Waals surface area contributed by atoms with E-state index in [4.69, 9.17) is 6.42 Å². The Hall–Kier alpha value is -0.130. The fourth-order valence-corrected chi connectivity index (χ4v) is 2.22. The third-order valence-corrected chi connectivity index (χ3v) is 2.75. The van der Waals surface area contributed by atoms with Gasteiger partial charge in [0.1, 0.15) is 0 Å². The minimum atomic E-state index is -0.528. The van der Waals surface area contributed by atoms with Gasteiger partial charge in [0.05, 0.1) is 5.60 Å². The predicted molar refractivity (Wildman–Crippen MR) is 40.3 cm³/mol. The second-order valence-electron chi connectivity index (χ2n) is 2.41. The van der Waals surface area contributed by atoms with Crippen molar-refractivity contribution in [2.24, 2.45) is 0 Å². The van der Waals surface area contributed by atoms with Crippen molar-refractivity contribution >= 4 is 11.8 Å². The molecule has 0 aliphatic carbocycles. The lowest BCUT2D eigenvalue weighted by Gasteiger charge is -2.16. The summed E-state index contributed by atoms with van der Waals surface area (Å²) in [5.74, 6) is 4.36. The summed E-state index contributed by atoms with van der Waals surface area (Å²) in [7, 11) is 0. The zero-order chi connectivity index (χ0) is 6.74. The number of aliphatic hydroxyl groups is 1. The molecule has 1 rings (SSSR count). The number of rotatable bonds is 1. The first-order valence-electron chi connectivity index (χ1n) is 3.00. The van der Waals surface area contributed by atoms with Gasteiger partial charge < -0.3 is 5.11 Å². The molecule has 0 saturated carbocycles. The van der Waals surface area contributed by atoms with Crippen molar-refractivity contribution < 1.29 is 5.11 Å². The van der Waals surface area contributed by atoms with Crippen molar-refractivity contribution in [2.75, 3.05) is 11.5 Å². The highest BCUT2D eigenvalue weighted by atomic mass is 32.2. The predicted octanol–water partition coefficient (Wildman–Crippen LogP) is 0.878. The second-order valence-corrected chi connectivity index (χ2v) is 3.51. The summed E-state index contributed by atoms with van der Waals surface area (Å²) >= 11 is 1.78. The molecule has 0 bridgehead atoms. The van der Waals surface area contributed by atoms with Crippen molar-refractivity contribution in [1.29, 1.82) is 0 Å². The molecule has 0 amide bonds. The molecule has 1 aliphatic heterocycles. The highest BCUT2D eigenvalue weighted by Gasteiger charge is 2.30. The quantitative estimate of drug-likeness (QED) is 0.548. The van der Waals surface area contributed by atoms with Crippen LogP contribution in [0.3, 0.4) is 0 Å². The van der Waals surface area contributed by atoms with Gasteiger partial charge in [-0.05, 0) is 12.2 Å². The average Bonchev–Trinajstić information content (AvgIpc) is 2.16. The Labute approximate surface area is 59.8 Å². The third kappa shape index (κ3) is 1.64. The van der Waals surface area contributed by atoms with Gasteiger partial charge in [-0.15, -0.1) is 12.3 Å². The molecule has 1 nitrogen and oxygen atoms in total. The molecule has 0 radical (unpaired) electrons. The highest BCUT2D eigenvalue weighted by molar-refractivity contribution is 7.99. The van der Waals surface area contributed by atoms with E-state index in [0.29, 0.717) is 6.42 Å². The van der Waals surface area contributed by atoms with Crippen molar-refractivity contribution in [3.05, 3.63) is 0 Å². The molecule has 2 heteroatoms. The molecule has 1 aliphatic rings. The zero-order valence-corrected chi connectivity index (χ0v) is 6.08. The van der Waals surface area contributed by atoms with E-state index in [1.165, 1.54) is 0 Å². The summed E-state index contributed by atoms with van der Waals surface area (Å²) < 4.78 is 0. The van der Waals surface area contributed by atoms with Crippen molar-refractivity contribution in [3.8, 4) is 12.3 Å². The molecule has 0 spiro atoms. The van der Waals surface area contributed by atoms with Gasteiger partial charge >= 0.3 is 0 Å². The molecular formula is C7H10OS. The summed E-state index contributed by atoms with van der Waals surface area (Å²) in [4.78, 5) is 0. The van der Waals surface area contributed by atoms with Gasteiger partial charge in [0.2, 0.25) is 0 Å². The first-order chi connectivity index (χ1) is 4.27. The van der Waals surface area contributed by atoms with Crippen LogP contribution in [0.2, 0.25) is 0 Å². The lowest BCUT2D eigenvalue weighted by Crippen LogP contribution is -2.26. The topological polar surface area (TPSA) is 20.2 Å². The van der Waals surface area contributed by atoms with Gasteiger partial charge in [0.25, 0.3) is 0 Å². The SMILES string of the molecule is C#CC[C@@]1(O)CCSC1. The normalized spacial score (nSPS) is 34.2. The van der Waals surface area contributed by atoms with Crippen LogP contribution in [-0.4, -0.2) is 22.2 Å². The fourth-order valence-electron chi connectivity index (χ4n) is 0.926. The van der Waals surface area contributed by atoms with Crippen LogP contribution in [0.15, 0.2) is 0 Å². The van der Waals surface area contributed by atoms with Crippen LogP contribution in [0.25, 0.3) is 0 Å². The Morgan fingerprint density at radius 2 is 2.56 bits per heavy atom. The van der Waals surface area contributed by atoms with E-state index in [0.717, 1.165) is 17.9 Å². The van der Waals surface area contributed by atoms with E-state index in [9.17, 15) is 5.11 Å². The third-order valence-electron chi connectivity index (χ3n) is 1.51. The van der Waals surface area contributed by atoms with E-state index in [1.54, 1.807) is 11.8 Å². The van der Waals surface area contributed by atoms with E-state index >= 15 is 0 Å². The average molecular weight is 142 g/mol. The molecule has 9 heavy (non-hydrogen) atoms. The maximum atomic E-state index is 9.53. The minimum Gasteiger partial charge on any atom is -0.388 e. The van der Waals surface area contributed by atoms with Crippen molar-refractivity contribution in [2.45, 2.75) is 18.4 Å². The molecule has 0 aromatic rings. The van der Waals surface area contributed by atoms with Crippen LogP contribution in [0.4, 0.5) is 0 Å². The maximum absolute atomic E-state index is 9.53. The Kier molecular flexibility index (Phi) is 2.05. The Balaban J connectivity index is 2.43. The number of thioether (sulfide) groups is 1. The second kappa shape index (κ2) is 2.64. The number of hydrogen-bond acceptors (Lipinski definition) is 2. The Morgan fingerprint density at radius 3 is 3.00 bits per heavy atom. The fraction of sp³-hybridized carbons (Fsp3) is 0.714. The van der Waals surface area contributed by atoms with Gasteiger partial charge in [0.15, 0.2) is 0 Å². The Morgan fingerprint density at radius 1 is 1.78 bits per heavy atom. The lowest BCUT2D eigenvalue weighted by atomic mass is 10.0. The molecule has 1 fully saturated rings. The number of terminal acetylenes is 1. The summed E-state index contributed by atoms with van der Waals surface area (Å²) in [5, 5.41) is 9.53. The summed E-state index contributed by atoms with van der Waals surface area (Å²) in [5.41, 5.74) is -0.528. The largest absolute Gasteiger partial charge is 0.388 e. The molecule has 0 aromatic carbocycles. The van der Waals surface area contributed by atoms with Gasteiger partial charge in [-0.3, -0.25) is 0 Å². The Bertz CT molecular complexity index is 130. The van der Waals surface area contributed by atoms with Crippen LogP contribution in [0.1, 0.15) is 12.8 Å². The van der Waals surface area contributed by atoms with E-state index in [1.807, 2.05) is 0 Å². The van der Waals surface area contributed by atoms with Gasteiger partial charge in [-0.25, -0.2) is 0 Å².